The maximum Gasteiger partial charge on any atom is 0.0547 e. The molecule has 0 aliphatic rings. The SMILES string of the molecule is Cc1cc(C)c2sc3cccc(-c4ccc5c6ccccc6n(-c6ccccc6)c5c4)c3c2c1. The van der Waals surface area contributed by atoms with Crippen molar-refractivity contribution in [2.24, 2.45) is 0 Å². The number of hydrogen-bond acceptors (Lipinski definition) is 1. The second kappa shape index (κ2) is 7.31. The number of aryl methyl sites for hydroxylation is 2. The van der Waals surface area contributed by atoms with Crippen molar-refractivity contribution in [1.82, 2.24) is 4.57 Å². The molecule has 0 spiro atoms. The first kappa shape index (κ1) is 19.6. The first-order valence-corrected chi connectivity index (χ1v) is 12.5. The molecule has 0 atom stereocenters. The molecular weight excluding hydrogens is 430 g/mol. The third kappa shape index (κ3) is 2.79. The zero-order valence-corrected chi connectivity index (χ0v) is 20.0. The monoisotopic (exact) mass is 453 g/mol. The Morgan fingerprint density at radius 2 is 1.41 bits per heavy atom. The van der Waals surface area contributed by atoms with E-state index in [-0.39, 0.29) is 0 Å². The molecular formula is C32H23NS. The minimum atomic E-state index is 1.19. The van der Waals surface area contributed by atoms with Gasteiger partial charge in [0.05, 0.1) is 11.0 Å². The van der Waals surface area contributed by atoms with E-state index in [1.807, 2.05) is 11.3 Å². The molecule has 2 heteroatoms. The summed E-state index contributed by atoms with van der Waals surface area (Å²) in [4.78, 5) is 0. The number of nitrogens with zero attached hydrogens (tertiary/aromatic N) is 1. The summed E-state index contributed by atoms with van der Waals surface area (Å²) >= 11 is 1.91. The highest BCUT2D eigenvalue weighted by molar-refractivity contribution is 7.26. The maximum absolute atomic E-state index is 2.40. The number of para-hydroxylation sites is 2. The molecule has 7 aromatic rings. The normalized spacial score (nSPS) is 11.8. The molecule has 0 bridgehead atoms. The largest absolute Gasteiger partial charge is 0.309 e. The molecule has 2 aromatic heterocycles. The predicted octanol–water partition coefficient (Wildman–Crippen LogP) is 9.44. The van der Waals surface area contributed by atoms with Gasteiger partial charge in [0.15, 0.2) is 0 Å². The molecule has 0 amide bonds. The summed E-state index contributed by atoms with van der Waals surface area (Å²) in [5.74, 6) is 0. The number of fused-ring (bicyclic) bond motifs is 6. The number of thiophene rings is 1. The topological polar surface area (TPSA) is 4.93 Å². The molecule has 1 nitrogen and oxygen atoms in total. The predicted molar refractivity (Wildman–Crippen MR) is 149 cm³/mol. The molecule has 0 N–H and O–H groups in total. The van der Waals surface area contributed by atoms with Crippen LogP contribution in [0.4, 0.5) is 0 Å². The van der Waals surface area contributed by atoms with Crippen LogP contribution in [0.3, 0.4) is 0 Å². The molecule has 0 aliphatic heterocycles. The Morgan fingerprint density at radius 1 is 0.618 bits per heavy atom. The second-order valence-electron chi connectivity index (χ2n) is 9.16. The zero-order valence-electron chi connectivity index (χ0n) is 19.2. The molecule has 162 valence electrons. The lowest BCUT2D eigenvalue weighted by Gasteiger charge is -2.10. The Kier molecular flexibility index (Phi) is 4.21. The van der Waals surface area contributed by atoms with Crippen molar-refractivity contribution in [3.05, 3.63) is 114 Å². The Morgan fingerprint density at radius 3 is 2.29 bits per heavy atom. The minimum absolute atomic E-state index is 1.19. The van der Waals surface area contributed by atoms with Gasteiger partial charge in [-0.3, -0.25) is 0 Å². The lowest BCUT2D eigenvalue weighted by molar-refractivity contribution is 1.18. The number of aromatic nitrogens is 1. The van der Waals surface area contributed by atoms with Gasteiger partial charge < -0.3 is 4.57 Å². The summed E-state index contributed by atoms with van der Waals surface area (Å²) in [7, 11) is 0. The van der Waals surface area contributed by atoms with E-state index < -0.39 is 0 Å². The summed E-state index contributed by atoms with van der Waals surface area (Å²) in [5.41, 5.74) is 8.93. The van der Waals surface area contributed by atoms with Crippen LogP contribution in [-0.2, 0) is 0 Å². The molecule has 0 fully saturated rings. The summed E-state index contributed by atoms with van der Waals surface area (Å²) in [6, 6.07) is 37.8. The van der Waals surface area contributed by atoms with E-state index in [4.69, 9.17) is 0 Å². The van der Waals surface area contributed by atoms with Crippen LogP contribution in [0, 0.1) is 13.8 Å². The first-order valence-electron chi connectivity index (χ1n) is 11.7. The van der Waals surface area contributed by atoms with Crippen molar-refractivity contribution < 1.29 is 0 Å². The van der Waals surface area contributed by atoms with Crippen molar-refractivity contribution in [3.8, 4) is 16.8 Å². The van der Waals surface area contributed by atoms with E-state index in [2.05, 4.69) is 122 Å². The third-order valence-corrected chi connectivity index (χ3v) is 8.23. The highest BCUT2D eigenvalue weighted by Gasteiger charge is 2.16. The summed E-state index contributed by atoms with van der Waals surface area (Å²) in [6.07, 6.45) is 0. The van der Waals surface area contributed by atoms with Crippen LogP contribution < -0.4 is 0 Å². The lowest BCUT2D eigenvalue weighted by atomic mass is 9.97. The van der Waals surface area contributed by atoms with E-state index in [9.17, 15) is 0 Å². The third-order valence-electron chi connectivity index (χ3n) is 6.93. The summed E-state index contributed by atoms with van der Waals surface area (Å²) in [6.45, 7) is 4.43. The van der Waals surface area contributed by atoms with Gasteiger partial charge in [0, 0.05) is 36.6 Å². The van der Waals surface area contributed by atoms with Gasteiger partial charge in [-0.1, -0.05) is 72.3 Å². The van der Waals surface area contributed by atoms with Crippen molar-refractivity contribution in [2.75, 3.05) is 0 Å². The first-order chi connectivity index (χ1) is 16.7. The summed E-state index contributed by atoms with van der Waals surface area (Å²) in [5, 5.41) is 5.32. The van der Waals surface area contributed by atoms with E-state index in [1.165, 1.54) is 69.9 Å². The van der Waals surface area contributed by atoms with E-state index >= 15 is 0 Å². The summed E-state index contributed by atoms with van der Waals surface area (Å²) < 4.78 is 5.14. The lowest BCUT2D eigenvalue weighted by Crippen LogP contribution is -1.93. The van der Waals surface area contributed by atoms with E-state index in [0.717, 1.165) is 0 Å². The van der Waals surface area contributed by atoms with Gasteiger partial charge in [-0.25, -0.2) is 0 Å². The fourth-order valence-electron chi connectivity index (χ4n) is 5.51. The second-order valence-corrected chi connectivity index (χ2v) is 10.2. The maximum atomic E-state index is 2.40. The van der Waals surface area contributed by atoms with Crippen molar-refractivity contribution in [2.45, 2.75) is 13.8 Å². The number of rotatable bonds is 2. The van der Waals surface area contributed by atoms with Crippen LogP contribution in [0.25, 0.3) is 58.8 Å². The zero-order chi connectivity index (χ0) is 22.8. The standard InChI is InChI=1S/C32H23NS/c1-20-17-21(2)32-27(18-20)31-24(12-8-14-30(31)34-32)22-15-16-26-25-11-6-7-13-28(25)33(29(26)19-22)23-9-4-3-5-10-23/h3-19H,1-2H3. The van der Waals surface area contributed by atoms with Gasteiger partial charge in [-0.15, -0.1) is 11.3 Å². The van der Waals surface area contributed by atoms with Crippen molar-refractivity contribution >= 4 is 53.3 Å². The van der Waals surface area contributed by atoms with Crippen LogP contribution in [-0.4, -0.2) is 4.57 Å². The molecule has 34 heavy (non-hydrogen) atoms. The van der Waals surface area contributed by atoms with Crippen LogP contribution in [0.5, 0.6) is 0 Å². The smallest absolute Gasteiger partial charge is 0.0547 e. The van der Waals surface area contributed by atoms with Crippen molar-refractivity contribution in [1.29, 1.82) is 0 Å². The van der Waals surface area contributed by atoms with Crippen LogP contribution in [0.2, 0.25) is 0 Å². The van der Waals surface area contributed by atoms with Gasteiger partial charge in [-0.05, 0) is 66.9 Å². The van der Waals surface area contributed by atoms with Gasteiger partial charge in [0.1, 0.15) is 0 Å². The molecule has 0 aliphatic carbocycles. The molecule has 0 saturated carbocycles. The minimum Gasteiger partial charge on any atom is -0.309 e. The molecule has 5 aromatic carbocycles. The number of benzene rings is 5. The molecule has 0 unspecified atom stereocenters. The van der Waals surface area contributed by atoms with Gasteiger partial charge in [0.25, 0.3) is 0 Å². The Balaban J connectivity index is 1.58. The Labute approximate surface area is 202 Å². The van der Waals surface area contributed by atoms with E-state index in [0.29, 0.717) is 0 Å². The molecule has 0 saturated heterocycles. The van der Waals surface area contributed by atoms with Crippen molar-refractivity contribution in [3.63, 3.8) is 0 Å². The van der Waals surface area contributed by atoms with Gasteiger partial charge in [0.2, 0.25) is 0 Å². The fourth-order valence-corrected chi connectivity index (χ4v) is 6.69. The Hall–Kier alpha value is -3.88. The van der Waals surface area contributed by atoms with Crippen LogP contribution in [0.1, 0.15) is 11.1 Å². The molecule has 2 heterocycles. The average Bonchev–Trinajstić information content (AvgIpc) is 3.40. The Bertz CT molecular complexity index is 1870. The highest BCUT2D eigenvalue weighted by Crippen LogP contribution is 2.43. The van der Waals surface area contributed by atoms with Crippen LogP contribution >= 0.6 is 11.3 Å². The molecule has 7 rings (SSSR count). The number of hydrogen-bond donors (Lipinski definition) is 0. The average molecular weight is 454 g/mol. The fraction of sp³-hybridized carbons (Fsp3) is 0.0625. The quantitative estimate of drug-likeness (QED) is 0.246. The van der Waals surface area contributed by atoms with Crippen LogP contribution in [0.15, 0.2) is 103 Å². The highest BCUT2D eigenvalue weighted by atomic mass is 32.1. The van der Waals surface area contributed by atoms with E-state index in [1.54, 1.807) is 0 Å². The van der Waals surface area contributed by atoms with Gasteiger partial charge >= 0.3 is 0 Å². The van der Waals surface area contributed by atoms with Gasteiger partial charge in [-0.2, -0.15) is 0 Å². The molecule has 0 radical (unpaired) electrons.